The highest BCUT2D eigenvalue weighted by Crippen LogP contribution is 2.31. The minimum absolute atomic E-state index is 0.0862. The Bertz CT molecular complexity index is 1270. The van der Waals surface area contributed by atoms with Crippen molar-refractivity contribution in [2.24, 2.45) is 0 Å². The van der Waals surface area contributed by atoms with Crippen LogP contribution in [0.25, 0.3) is 22.8 Å². The molecule has 0 saturated carbocycles. The van der Waals surface area contributed by atoms with Crippen LogP contribution in [0.1, 0.15) is 0 Å². The molecule has 8 heteroatoms. The molecule has 3 aromatic carbocycles. The van der Waals surface area contributed by atoms with Crippen molar-refractivity contribution >= 4 is 27.3 Å². The Morgan fingerprint density at radius 2 is 1.70 bits per heavy atom. The van der Waals surface area contributed by atoms with Crippen LogP contribution < -0.4 is 9.46 Å². The first-order valence-electron chi connectivity index (χ1n) is 8.94. The summed E-state index contributed by atoms with van der Waals surface area (Å²) >= 11 is 5.98. The topological polar surface area (TPSA) is 81.4 Å². The molecule has 0 aliphatic carbocycles. The highest BCUT2D eigenvalue weighted by molar-refractivity contribution is 7.92. The van der Waals surface area contributed by atoms with Gasteiger partial charge in [-0.3, -0.25) is 4.72 Å². The molecule has 152 valence electrons. The van der Waals surface area contributed by atoms with E-state index in [9.17, 15) is 8.42 Å². The third kappa shape index (κ3) is 4.17. The Morgan fingerprint density at radius 3 is 2.40 bits per heavy atom. The van der Waals surface area contributed by atoms with Crippen molar-refractivity contribution in [2.75, 3.05) is 11.8 Å². The van der Waals surface area contributed by atoms with E-state index in [1.807, 2.05) is 30.3 Å². The predicted octanol–water partition coefficient (Wildman–Crippen LogP) is 5.47. The number of ether oxygens (including phenoxy) is 1. The summed E-state index contributed by atoms with van der Waals surface area (Å²) in [7, 11) is -2.38. The molecule has 0 saturated heterocycles. The van der Waals surface area contributed by atoms with Gasteiger partial charge in [-0.15, -0.1) is 0 Å². The molecule has 0 amide bonds. The number of aromatic nitrogens is 1. The van der Waals surface area contributed by atoms with Crippen LogP contribution >= 0.6 is 11.6 Å². The molecule has 0 unspecified atom stereocenters. The lowest BCUT2D eigenvalue weighted by molar-refractivity contribution is 0.417. The lowest BCUT2D eigenvalue weighted by Crippen LogP contribution is -2.13. The first-order chi connectivity index (χ1) is 14.5. The van der Waals surface area contributed by atoms with Crippen molar-refractivity contribution in [1.29, 1.82) is 0 Å². The largest absolute Gasteiger partial charge is 0.495 e. The molecule has 0 fully saturated rings. The summed E-state index contributed by atoms with van der Waals surface area (Å²) in [5.74, 6) is 1.41. The standard InChI is InChI=1S/C22H17ClN2O4S/c1-28-20-12-9-17(23)13-19(20)25-30(26,27)18-10-7-16(8-11-18)22-24-14-21(29-22)15-5-3-2-4-6-15/h2-14,25H,1H3. The number of benzene rings is 3. The number of hydrogen-bond acceptors (Lipinski definition) is 5. The van der Waals surface area contributed by atoms with Gasteiger partial charge in [0.25, 0.3) is 10.0 Å². The van der Waals surface area contributed by atoms with Crippen molar-refractivity contribution in [2.45, 2.75) is 4.90 Å². The lowest BCUT2D eigenvalue weighted by atomic mass is 10.2. The zero-order valence-electron chi connectivity index (χ0n) is 15.9. The molecule has 6 nitrogen and oxygen atoms in total. The molecule has 1 N–H and O–H groups in total. The maximum Gasteiger partial charge on any atom is 0.262 e. The maximum absolute atomic E-state index is 12.8. The van der Waals surface area contributed by atoms with Crippen molar-refractivity contribution < 1.29 is 17.6 Å². The van der Waals surface area contributed by atoms with Gasteiger partial charge < -0.3 is 9.15 Å². The third-order valence-corrected chi connectivity index (χ3v) is 6.00. The fraction of sp³-hybridized carbons (Fsp3) is 0.0455. The third-order valence-electron chi connectivity index (χ3n) is 4.38. The SMILES string of the molecule is COc1ccc(Cl)cc1NS(=O)(=O)c1ccc(-c2ncc(-c3ccccc3)o2)cc1. The molecule has 0 bridgehead atoms. The zero-order valence-corrected chi connectivity index (χ0v) is 17.4. The summed E-state index contributed by atoms with van der Waals surface area (Å²) < 4.78 is 39.0. The summed E-state index contributed by atoms with van der Waals surface area (Å²) in [5.41, 5.74) is 1.83. The smallest absolute Gasteiger partial charge is 0.262 e. The van der Waals surface area contributed by atoms with Crippen LogP contribution in [-0.2, 0) is 10.0 Å². The van der Waals surface area contributed by atoms with Crippen LogP contribution in [0, 0.1) is 0 Å². The number of rotatable bonds is 6. The minimum atomic E-state index is -3.84. The Morgan fingerprint density at radius 1 is 0.967 bits per heavy atom. The number of oxazole rings is 1. The van der Waals surface area contributed by atoms with E-state index >= 15 is 0 Å². The Balaban J connectivity index is 1.58. The molecule has 0 radical (unpaired) electrons. The van der Waals surface area contributed by atoms with Crippen LogP contribution in [0.15, 0.2) is 88.3 Å². The van der Waals surface area contributed by atoms with Crippen LogP contribution in [0.2, 0.25) is 5.02 Å². The van der Waals surface area contributed by atoms with Crippen LogP contribution in [0.3, 0.4) is 0 Å². The molecule has 4 rings (SSSR count). The molecular weight excluding hydrogens is 424 g/mol. The number of halogens is 1. The molecule has 0 atom stereocenters. The van der Waals surface area contributed by atoms with Crippen LogP contribution in [0.4, 0.5) is 5.69 Å². The van der Waals surface area contributed by atoms with Crippen molar-refractivity contribution in [1.82, 2.24) is 4.98 Å². The van der Waals surface area contributed by atoms with Crippen LogP contribution in [-0.4, -0.2) is 20.5 Å². The lowest BCUT2D eigenvalue weighted by Gasteiger charge is -2.12. The normalized spacial score (nSPS) is 11.3. The van der Waals surface area contributed by atoms with Gasteiger partial charge >= 0.3 is 0 Å². The summed E-state index contributed by atoms with van der Waals surface area (Å²) in [4.78, 5) is 4.38. The summed E-state index contributed by atoms with van der Waals surface area (Å²) in [6, 6.07) is 20.6. The van der Waals surface area contributed by atoms with Gasteiger partial charge in [0.2, 0.25) is 5.89 Å². The van der Waals surface area contributed by atoms with E-state index in [-0.39, 0.29) is 10.6 Å². The van der Waals surface area contributed by atoms with Gasteiger partial charge in [0.05, 0.1) is 23.9 Å². The monoisotopic (exact) mass is 440 g/mol. The average molecular weight is 441 g/mol. The predicted molar refractivity (Wildman–Crippen MR) is 116 cm³/mol. The highest BCUT2D eigenvalue weighted by atomic mass is 35.5. The van der Waals surface area contributed by atoms with Crippen molar-refractivity contribution in [3.63, 3.8) is 0 Å². The van der Waals surface area contributed by atoms with E-state index in [1.54, 1.807) is 30.5 Å². The van der Waals surface area contributed by atoms with Gasteiger partial charge in [0.1, 0.15) is 5.75 Å². The molecule has 0 aliphatic rings. The van der Waals surface area contributed by atoms with E-state index in [4.69, 9.17) is 20.8 Å². The van der Waals surface area contributed by atoms with Crippen molar-refractivity contribution in [3.8, 4) is 28.5 Å². The van der Waals surface area contributed by atoms with Gasteiger partial charge in [0, 0.05) is 16.1 Å². The Hall–Kier alpha value is -3.29. The van der Waals surface area contributed by atoms with Gasteiger partial charge in [-0.1, -0.05) is 41.9 Å². The van der Waals surface area contributed by atoms with E-state index in [0.717, 1.165) is 5.56 Å². The summed E-state index contributed by atoms with van der Waals surface area (Å²) in [5, 5.41) is 0.391. The molecule has 4 aromatic rings. The van der Waals surface area contributed by atoms with Crippen molar-refractivity contribution in [3.05, 3.63) is 84.0 Å². The summed E-state index contributed by atoms with van der Waals surface area (Å²) in [6.07, 6.45) is 1.64. The molecule has 0 spiro atoms. The number of hydrogen-bond donors (Lipinski definition) is 1. The molecular formula is C22H17ClN2O4S. The fourth-order valence-corrected chi connectivity index (χ4v) is 4.12. The number of nitrogens with one attached hydrogen (secondary N) is 1. The van der Waals surface area contributed by atoms with Gasteiger partial charge in [-0.2, -0.15) is 0 Å². The number of nitrogens with zero attached hydrogens (tertiary/aromatic N) is 1. The number of methoxy groups -OCH3 is 1. The number of anilines is 1. The van der Waals surface area contributed by atoms with Gasteiger partial charge in [-0.25, -0.2) is 13.4 Å². The molecule has 0 aliphatic heterocycles. The Kier molecular flexibility index (Phi) is 5.48. The van der Waals surface area contributed by atoms with Gasteiger partial charge in [-0.05, 0) is 42.5 Å². The molecule has 1 aromatic heterocycles. The first-order valence-corrected chi connectivity index (χ1v) is 10.8. The van der Waals surface area contributed by atoms with E-state index in [2.05, 4.69) is 9.71 Å². The van der Waals surface area contributed by atoms with E-state index in [1.165, 1.54) is 25.3 Å². The second-order valence-electron chi connectivity index (χ2n) is 6.37. The van der Waals surface area contributed by atoms with Gasteiger partial charge in [0.15, 0.2) is 5.76 Å². The molecule has 30 heavy (non-hydrogen) atoms. The zero-order chi connectivity index (χ0) is 21.1. The van der Waals surface area contributed by atoms with E-state index in [0.29, 0.717) is 28.0 Å². The quantitative estimate of drug-likeness (QED) is 0.430. The minimum Gasteiger partial charge on any atom is -0.495 e. The summed E-state index contributed by atoms with van der Waals surface area (Å²) in [6.45, 7) is 0. The van der Waals surface area contributed by atoms with Crippen LogP contribution in [0.5, 0.6) is 5.75 Å². The van der Waals surface area contributed by atoms with E-state index < -0.39 is 10.0 Å². The first kappa shape index (κ1) is 20.0. The second-order valence-corrected chi connectivity index (χ2v) is 8.49. The second kappa shape index (κ2) is 8.22. The maximum atomic E-state index is 12.8. The number of sulfonamides is 1. The average Bonchev–Trinajstić information content (AvgIpc) is 3.25. The molecule has 1 heterocycles. The highest BCUT2D eigenvalue weighted by Gasteiger charge is 2.18. The Labute approximate surface area is 179 Å². The fourth-order valence-electron chi connectivity index (χ4n) is 2.88.